The van der Waals surface area contributed by atoms with E-state index in [2.05, 4.69) is 15.5 Å². The topological polar surface area (TPSA) is 78.3 Å². The summed E-state index contributed by atoms with van der Waals surface area (Å²) in [5.41, 5.74) is 2.70. The Balaban J connectivity index is 1.72. The van der Waals surface area contributed by atoms with E-state index in [9.17, 15) is 4.79 Å². The number of thioether (sulfide) groups is 1. The minimum Gasteiger partial charge on any atom is -0.497 e. The van der Waals surface area contributed by atoms with E-state index in [1.165, 1.54) is 17.3 Å². The first kappa shape index (κ1) is 19.8. The molecule has 0 saturated heterocycles. The number of aryl methyl sites for hydroxylation is 2. The van der Waals surface area contributed by atoms with Gasteiger partial charge >= 0.3 is 0 Å². The maximum absolute atomic E-state index is 12.5. The SMILES string of the molecule is COc1ccc(OC)c(NC(=O)CSc2nnc(C)n2-c2ccc(C)cc2)c1. The number of hydrogen-bond acceptors (Lipinski definition) is 6. The van der Waals surface area contributed by atoms with E-state index < -0.39 is 0 Å². The summed E-state index contributed by atoms with van der Waals surface area (Å²) >= 11 is 1.32. The molecule has 3 aromatic rings. The molecule has 7 nitrogen and oxygen atoms in total. The van der Waals surface area contributed by atoms with Crippen LogP contribution >= 0.6 is 11.8 Å². The molecule has 0 fully saturated rings. The number of ether oxygens (including phenoxy) is 2. The van der Waals surface area contributed by atoms with Gasteiger partial charge in [0.05, 0.1) is 25.7 Å². The number of rotatable bonds is 7. The minimum atomic E-state index is -0.173. The zero-order valence-corrected chi connectivity index (χ0v) is 17.0. The number of amides is 1. The first-order valence-electron chi connectivity index (χ1n) is 8.65. The molecule has 0 aliphatic rings. The Labute approximate surface area is 168 Å². The Kier molecular flexibility index (Phi) is 6.20. The highest BCUT2D eigenvalue weighted by Crippen LogP contribution is 2.29. The van der Waals surface area contributed by atoms with Crippen LogP contribution in [0.3, 0.4) is 0 Å². The number of carbonyl (C=O) groups excluding carboxylic acids is 1. The fourth-order valence-corrected chi connectivity index (χ4v) is 3.45. The van der Waals surface area contributed by atoms with Crippen molar-refractivity contribution in [1.29, 1.82) is 0 Å². The molecular weight excluding hydrogens is 376 g/mol. The fraction of sp³-hybridized carbons (Fsp3) is 0.250. The third-order valence-corrected chi connectivity index (χ3v) is 5.03. The number of carbonyl (C=O) groups is 1. The molecule has 0 spiro atoms. The van der Waals surface area contributed by atoms with Crippen LogP contribution in [0.1, 0.15) is 11.4 Å². The van der Waals surface area contributed by atoms with Gasteiger partial charge in [-0.2, -0.15) is 0 Å². The lowest BCUT2D eigenvalue weighted by Crippen LogP contribution is -2.15. The van der Waals surface area contributed by atoms with Gasteiger partial charge in [0.25, 0.3) is 0 Å². The minimum absolute atomic E-state index is 0.173. The molecule has 0 unspecified atom stereocenters. The molecule has 1 heterocycles. The Morgan fingerprint density at radius 2 is 1.82 bits per heavy atom. The van der Waals surface area contributed by atoms with E-state index in [1.807, 2.05) is 42.7 Å². The number of anilines is 1. The first-order chi connectivity index (χ1) is 13.5. The van der Waals surface area contributed by atoms with Crippen LogP contribution in [0.2, 0.25) is 0 Å². The van der Waals surface area contributed by atoms with Crippen molar-refractivity contribution in [3.63, 3.8) is 0 Å². The van der Waals surface area contributed by atoms with Gasteiger partial charge in [0.15, 0.2) is 5.16 Å². The van der Waals surface area contributed by atoms with E-state index in [1.54, 1.807) is 32.4 Å². The van der Waals surface area contributed by atoms with Gasteiger partial charge in [-0.1, -0.05) is 29.5 Å². The van der Waals surface area contributed by atoms with Crippen molar-refractivity contribution >= 4 is 23.4 Å². The molecule has 0 aliphatic carbocycles. The van der Waals surface area contributed by atoms with Crippen LogP contribution in [0.5, 0.6) is 11.5 Å². The third kappa shape index (κ3) is 4.45. The summed E-state index contributed by atoms with van der Waals surface area (Å²) in [5.74, 6) is 1.98. The number of nitrogens with zero attached hydrogens (tertiary/aromatic N) is 3. The number of benzene rings is 2. The maximum atomic E-state index is 12.5. The predicted octanol–water partition coefficient (Wildman–Crippen LogP) is 3.63. The predicted molar refractivity (Wildman–Crippen MR) is 110 cm³/mol. The lowest BCUT2D eigenvalue weighted by molar-refractivity contribution is -0.113. The average molecular weight is 398 g/mol. The summed E-state index contributed by atoms with van der Waals surface area (Å²) in [5, 5.41) is 11.9. The highest BCUT2D eigenvalue weighted by atomic mass is 32.2. The van der Waals surface area contributed by atoms with Crippen molar-refractivity contribution in [2.45, 2.75) is 19.0 Å². The van der Waals surface area contributed by atoms with Crippen LogP contribution in [-0.2, 0) is 4.79 Å². The first-order valence-corrected chi connectivity index (χ1v) is 9.64. The van der Waals surface area contributed by atoms with Crippen LogP contribution in [0.15, 0.2) is 47.6 Å². The van der Waals surface area contributed by atoms with Gasteiger partial charge in [-0.05, 0) is 38.1 Å². The fourth-order valence-electron chi connectivity index (χ4n) is 2.66. The van der Waals surface area contributed by atoms with Gasteiger partial charge in [0.1, 0.15) is 17.3 Å². The van der Waals surface area contributed by atoms with Gasteiger partial charge in [-0.25, -0.2) is 0 Å². The molecule has 3 rings (SSSR count). The van der Waals surface area contributed by atoms with Crippen molar-refractivity contribution in [2.75, 3.05) is 25.3 Å². The van der Waals surface area contributed by atoms with Crippen LogP contribution in [0, 0.1) is 13.8 Å². The maximum Gasteiger partial charge on any atom is 0.234 e. The highest BCUT2D eigenvalue weighted by Gasteiger charge is 2.15. The smallest absolute Gasteiger partial charge is 0.234 e. The summed E-state index contributed by atoms with van der Waals surface area (Å²) in [6, 6.07) is 13.3. The monoisotopic (exact) mass is 398 g/mol. The van der Waals surface area contributed by atoms with Crippen molar-refractivity contribution < 1.29 is 14.3 Å². The Hall–Kier alpha value is -3.00. The summed E-state index contributed by atoms with van der Waals surface area (Å²) in [4.78, 5) is 12.5. The lowest BCUT2D eigenvalue weighted by Gasteiger charge is -2.12. The van der Waals surface area contributed by atoms with Crippen LogP contribution < -0.4 is 14.8 Å². The number of methoxy groups -OCH3 is 2. The van der Waals surface area contributed by atoms with Crippen LogP contribution in [-0.4, -0.2) is 40.6 Å². The Bertz CT molecular complexity index is 970. The highest BCUT2D eigenvalue weighted by molar-refractivity contribution is 7.99. The molecule has 0 bridgehead atoms. The van der Waals surface area contributed by atoms with Gasteiger partial charge < -0.3 is 14.8 Å². The van der Waals surface area contributed by atoms with E-state index in [0.29, 0.717) is 22.3 Å². The number of nitrogens with one attached hydrogen (secondary N) is 1. The van der Waals surface area contributed by atoms with Crippen molar-refractivity contribution in [3.8, 4) is 17.2 Å². The Morgan fingerprint density at radius 1 is 1.07 bits per heavy atom. The van der Waals surface area contributed by atoms with Crippen molar-refractivity contribution in [2.24, 2.45) is 0 Å². The molecule has 0 radical (unpaired) electrons. The molecule has 0 aliphatic heterocycles. The number of hydrogen-bond donors (Lipinski definition) is 1. The summed E-state index contributed by atoms with van der Waals surface area (Å²) in [7, 11) is 3.13. The average Bonchev–Trinajstić information content (AvgIpc) is 3.07. The normalized spacial score (nSPS) is 10.6. The van der Waals surface area contributed by atoms with Gasteiger partial charge in [-0.15, -0.1) is 10.2 Å². The molecule has 0 saturated carbocycles. The second-order valence-corrected chi connectivity index (χ2v) is 7.05. The Morgan fingerprint density at radius 3 is 2.50 bits per heavy atom. The summed E-state index contributed by atoms with van der Waals surface area (Å²) < 4.78 is 12.4. The molecule has 28 heavy (non-hydrogen) atoms. The molecule has 2 aromatic carbocycles. The molecule has 1 N–H and O–H groups in total. The van der Waals surface area contributed by atoms with Gasteiger partial charge in [0.2, 0.25) is 5.91 Å². The molecule has 1 amide bonds. The molecule has 146 valence electrons. The molecule has 1 aromatic heterocycles. The quantitative estimate of drug-likeness (QED) is 0.613. The van der Waals surface area contributed by atoms with Crippen LogP contribution in [0.4, 0.5) is 5.69 Å². The van der Waals surface area contributed by atoms with Crippen LogP contribution in [0.25, 0.3) is 5.69 Å². The van der Waals surface area contributed by atoms with E-state index in [-0.39, 0.29) is 11.7 Å². The second-order valence-electron chi connectivity index (χ2n) is 6.10. The molecule has 0 atom stereocenters. The van der Waals surface area contributed by atoms with E-state index >= 15 is 0 Å². The summed E-state index contributed by atoms with van der Waals surface area (Å²) in [6.45, 7) is 3.92. The zero-order valence-electron chi connectivity index (χ0n) is 16.2. The lowest BCUT2D eigenvalue weighted by atomic mass is 10.2. The summed E-state index contributed by atoms with van der Waals surface area (Å²) in [6.07, 6.45) is 0. The molecule has 8 heteroatoms. The van der Waals surface area contributed by atoms with Gasteiger partial charge in [-0.3, -0.25) is 9.36 Å². The van der Waals surface area contributed by atoms with E-state index in [0.717, 1.165) is 11.5 Å². The largest absolute Gasteiger partial charge is 0.497 e. The van der Waals surface area contributed by atoms with Crippen molar-refractivity contribution in [1.82, 2.24) is 14.8 Å². The molecular formula is C20H22N4O3S. The van der Waals surface area contributed by atoms with Gasteiger partial charge in [0, 0.05) is 11.8 Å². The standard InChI is InChI=1S/C20H22N4O3S/c1-13-5-7-15(8-6-13)24-14(2)22-23-20(24)28-12-19(25)21-17-11-16(26-3)9-10-18(17)27-4/h5-11H,12H2,1-4H3,(H,21,25). The second kappa shape index (κ2) is 8.79. The third-order valence-electron chi connectivity index (χ3n) is 4.10. The zero-order chi connectivity index (χ0) is 20.1. The van der Waals surface area contributed by atoms with E-state index in [4.69, 9.17) is 9.47 Å². The number of aromatic nitrogens is 3. The van der Waals surface area contributed by atoms with Crippen molar-refractivity contribution in [3.05, 3.63) is 53.9 Å².